The molecular formula is C54H114N3O4P. The van der Waals surface area contributed by atoms with E-state index in [1.54, 1.807) is 18.6 Å². The predicted octanol–water partition coefficient (Wildman–Crippen LogP) is 17.7. The standard InChI is InChI=1S/3C18H37N.H3O4P/c3*1-3-5-6-7-8-9-10-11-12-13-14-15-16-17-18-19-4-2;1-5(2,3)4/h3*4,19H,2-3,5-18H2,1H3;(H3,1,2,3,4). The third kappa shape index (κ3) is 89.6. The Morgan fingerprint density at radius 3 is 0.516 bits per heavy atom. The summed E-state index contributed by atoms with van der Waals surface area (Å²) in [7, 11) is -4.64. The SMILES string of the molecule is C=CNCCCCCCCCCCCCCCCC.C=CNCCCCCCCCCCCCCCCC.C=CNCCCCCCCCCCCCCCCC.O=P(O)(O)O. The van der Waals surface area contributed by atoms with Crippen molar-refractivity contribution in [2.24, 2.45) is 0 Å². The Morgan fingerprint density at radius 1 is 0.290 bits per heavy atom. The van der Waals surface area contributed by atoms with E-state index in [-0.39, 0.29) is 0 Å². The first-order valence-electron chi connectivity index (χ1n) is 27.1. The van der Waals surface area contributed by atoms with E-state index >= 15 is 0 Å². The first-order valence-corrected chi connectivity index (χ1v) is 28.6. The maximum Gasteiger partial charge on any atom is 0.466 e. The van der Waals surface area contributed by atoms with Crippen LogP contribution in [0.25, 0.3) is 0 Å². The van der Waals surface area contributed by atoms with Gasteiger partial charge in [0.2, 0.25) is 0 Å². The summed E-state index contributed by atoms with van der Waals surface area (Å²) >= 11 is 0. The lowest BCUT2D eigenvalue weighted by Crippen LogP contribution is -2.05. The number of unbranched alkanes of at least 4 members (excludes halogenated alkanes) is 39. The normalized spacial score (nSPS) is 10.7. The topological polar surface area (TPSA) is 114 Å². The van der Waals surface area contributed by atoms with Crippen LogP contribution in [0.1, 0.15) is 290 Å². The second kappa shape index (κ2) is 66.3. The van der Waals surface area contributed by atoms with Crippen LogP contribution in [-0.2, 0) is 4.57 Å². The van der Waals surface area contributed by atoms with Crippen molar-refractivity contribution in [1.29, 1.82) is 0 Å². The van der Waals surface area contributed by atoms with Crippen molar-refractivity contribution in [3.8, 4) is 0 Å². The van der Waals surface area contributed by atoms with Crippen molar-refractivity contribution in [3.63, 3.8) is 0 Å². The van der Waals surface area contributed by atoms with Crippen LogP contribution in [0.3, 0.4) is 0 Å². The maximum atomic E-state index is 8.88. The van der Waals surface area contributed by atoms with E-state index in [9.17, 15) is 0 Å². The molecule has 0 heterocycles. The fraction of sp³-hybridized carbons (Fsp3) is 0.889. The highest BCUT2D eigenvalue weighted by Gasteiger charge is 2.00. The molecule has 0 aromatic carbocycles. The van der Waals surface area contributed by atoms with E-state index in [1.807, 2.05) is 0 Å². The van der Waals surface area contributed by atoms with E-state index in [0.29, 0.717) is 0 Å². The minimum Gasteiger partial charge on any atom is -0.391 e. The molecule has 62 heavy (non-hydrogen) atoms. The molecule has 7 nitrogen and oxygen atoms in total. The Labute approximate surface area is 390 Å². The van der Waals surface area contributed by atoms with Crippen LogP contribution in [0.15, 0.2) is 38.3 Å². The zero-order chi connectivity index (χ0) is 46.6. The van der Waals surface area contributed by atoms with Gasteiger partial charge in [-0.05, 0) is 37.9 Å². The Balaban J connectivity index is -0.000000385. The van der Waals surface area contributed by atoms with Crippen molar-refractivity contribution in [2.45, 2.75) is 290 Å². The van der Waals surface area contributed by atoms with Crippen molar-refractivity contribution in [3.05, 3.63) is 38.3 Å². The van der Waals surface area contributed by atoms with Gasteiger partial charge >= 0.3 is 7.82 Å². The number of nitrogens with one attached hydrogen (secondary N) is 3. The number of phosphoric acid groups is 1. The van der Waals surface area contributed by atoms with Gasteiger partial charge < -0.3 is 30.6 Å². The molecule has 0 aliphatic rings. The summed E-state index contributed by atoms with van der Waals surface area (Å²) in [5.41, 5.74) is 0. The predicted molar refractivity (Wildman–Crippen MR) is 280 cm³/mol. The van der Waals surface area contributed by atoms with Crippen LogP contribution in [0.5, 0.6) is 0 Å². The maximum absolute atomic E-state index is 8.88. The van der Waals surface area contributed by atoms with E-state index < -0.39 is 7.82 Å². The third-order valence-electron chi connectivity index (χ3n) is 11.5. The van der Waals surface area contributed by atoms with Crippen LogP contribution in [0.2, 0.25) is 0 Å². The van der Waals surface area contributed by atoms with Gasteiger partial charge in [0.05, 0.1) is 0 Å². The van der Waals surface area contributed by atoms with E-state index in [2.05, 4.69) is 56.5 Å². The van der Waals surface area contributed by atoms with Gasteiger partial charge in [-0.15, -0.1) is 0 Å². The van der Waals surface area contributed by atoms with Crippen molar-refractivity contribution in [2.75, 3.05) is 19.6 Å². The van der Waals surface area contributed by atoms with E-state index in [0.717, 1.165) is 19.6 Å². The highest BCUT2D eigenvalue weighted by Crippen LogP contribution is 2.26. The van der Waals surface area contributed by atoms with Gasteiger partial charge in [-0.1, -0.05) is 291 Å². The fourth-order valence-corrected chi connectivity index (χ4v) is 7.57. The highest BCUT2D eigenvalue weighted by atomic mass is 31.2. The zero-order valence-electron chi connectivity index (χ0n) is 42.4. The summed E-state index contributed by atoms with van der Waals surface area (Å²) in [4.78, 5) is 21.6. The second-order valence-corrected chi connectivity index (χ2v) is 18.8. The monoisotopic (exact) mass is 900 g/mol. The van der Waals surface area contributed by atoms with Crippen LogP contribution in [-0.4, -0.2) is 34.3 Å². The van der Waals surface area contributed by atoms with Gasteiger partial charge in [-0.25, -0.2) is 4.57 Å². The molecule has 0 fully saturated rings. The van der Waals surface area contributed by atoms with Gasteiger partial charge in [0.25, 0.3) is 0 Å². The molecule has 8 heteroatoms. The average Bonchev–Trinajstić information content (AvgIpc) is 3.25. The van der Waals surface area contributed by atoms with Gasteiger partial charge in [0.15, 0.2) is 0 Å². The molecule has 0 aromatic rings. The van der Waals surface area contributed by atoms with Crippen molar-refractivity contribution >= 4 is 7.82 Å². The smallest absolute Gasteiger partial charge is 0.391 e. The molecule has 0 saturated carbocycles. The van der Waals surface area contributed by atoms with Gasteiger partial charge in [0, 0.05) is 19.6 Å². The Hall–Kier alpha value is -1.27. The first-order chi connectivity index (χ1) is 30.2. The molecule has 6 N–H and O–H groups in total. The first kappa shape index (κ1) is 67.3. The Morgan fingerprint density at radius 2 is 0.403 bits per heavy atom. The molecule has 0 atom stereocenters. The van der Waals surface area contributed by atoms with E-state index in [4.69, 9.17) is 19.2 Å². The molecule has 0 aliphatic carbocycles. The molecule has 0 saturated heterocycles. The number of rotatable bonds is 48. The quantitative estimate of drug-likeness (QED) is 0.0266. The minimum atomic E-state index is -4.64. The zero-order valence-corrected chi connectivity index (χ0v) is 43.3. The molecule has 0 radical (unpaired) electrons. The Kier molecular flexibility index (Phi) is 72.0. The summed E-state index contributed by atoms with van der Waals surface area (Å²) in [6.45, 7) is 21.1. The van der Waals surface area contributed by atoms with Gasteiger partial charge in [-0.2, -0.15) is 0 Å². The highest BCUT2D eigenvalue weighted by molar-refractivity contribution is 7.45. The summed E-state index contributed by atoms with van der Waals surface area (Å²) in [5, 5.41) is 9.47. The number of hydrogen-bond donors (Lipinski definition) is 6. The van der Waals surface area contributed by atoms with Gasteiger partial charge in [-0.3, -0.25) is 0 Å². The lowest BCUT2D eigenvalue weighted by atomic mass is 10.0. The minimum absolute atomic E-state index is 1.10. The summed E-state index contributed by atoms with van der Waals surface area (Å²) in [6, 6.07) is 0. The summed E-state index contributed by atoms with van der Waals surface area (Å²) < 4.78 is 8.88. The largest absolute Gasteiger partial charge is 0.466 e. The van der Waals surface area contributed by atoms with Crippen molar-refractivity contribution in [1.82, 2.24) is 16.0 Å². The second-order valence-electron chi connectivity index (χ2n) is 17.8. The molecule has 0 aliphatic heterocycles. The average molecular weight is 900 g/mol. The number of hydrogen-bond acceptors (Lipinski definition) is 4. The van der Waals surface area contributed by atoms with E-state index in [1.165, 1.54) is 270 Å². The van der Waals surface area contributed by atoms with Crippen molar-refractivity contribution < 1.29 is 19.2 Å². The van der Waals surface area contributed by atoms with Crippen LogP contribution in [0, 0.1) is 0 Å². The van der Waals surface area contributed by atoms with Crippen LogP contribution >= 0.6 is 7.82 Å². The third-order valence-corrected chi connectivity index (χ3v) is 11.5. The van der Waals surface area contributed by atoms with Crippen LogP contribution in [0.4, 0.5) is 0 Å². The molecule has 0 spiro atoms. The molecular weight excluding hydrogens is 786 g/mol. The molecule has 374 valence electrons. The summed E-state index contributed by atoms with van der Waals surface area (Å²) in [6.07, 6.45) is 65.4. The fourth-order valence-electron chi connectivity index (χ4n) is 7.57. The molecule has 0 rings (SSSR count). The lowest BCUT2D eigenvalue weighted by Gasteiger charge is -2.03. The lowest BCUT2D eigenvalue weighted by molar-refractivity contribution is 0.275. The van der Waals surface area contributed by atoms with Gasteiger partial charge in [0.1, 0.15) is 0 Å². The molecule has 0 aromatic heterocycles. The molecule has 0 bridgehead atoms. The molecule has 0 unspecified atom stereocenters. The summed E-state index contributed by atoms with van der Waals surface area (Å²) in [5.74, 6) is 0. The Bertz CT molecular complexity index is 742. The molecule has 0 amide bonds. The van der Waals surface area contributed by atoms with Crippen LogP contribution < -0.4 is 16.0 Å².